The van der Waals surface area contributed by atoms with Crippen LogP contribution in [0.4, 0.5) is 5.69 Å². The molecule has 0 aliphatic carbocycles. The summed E-state index contributed by atoms with van der Waals surface area (Å²) in [5.74, 6) is -0.308. The van der Waals surface area contributed by atoms with Gasteiger partial charge in [-0.3, -0.25) is 0 Å². The average molecular weight is 206 g/mol. The number of hydrogen-bond acceptors (Lipinski definition) is 4. The summed E-state index contributed by atoms with van der Waals surface area (Å²) in [6, 6.07) is 5.61. The molecule has 4 nitrogen and oxygen atoms in total. The molecule has 0 radical (unpaired) electrons. The van der Waals surface area contributed by atoms with Crippen LogP contribution in [0, 0.1) is 0 Å². The summed E-state index contributed by atoms with van der Waals surface area (Å²) >= 11 is 0. The first-order valence-corrected chi connectivity index (χ1v) is 4.91. The standard InChI is InChI=1S/C11H14N2O2/c1-15-11(14)7-2-3-10-8(4-7)5-9(12)6-13-10/h2-4,9,13H,5-6,12H2,1H3. The Kier molecular flexibility index (Phi) is 2.60. The molecule has 0 fully saturated rings. The first-order valence-electron chi connectivity index (χ1n) is 4.91. The van der Waals surface area contributed by atoms with E-state index >= 15 is 0 Å². The molecule has 2 rings (SSSR count). The summed E-state index contributed by atoms with van der Waals surface area (Å²) in [4.78, 5) is 11.3. The van der Waals surface area contributed by atoms with Crippen molar-refractivity contribution in [1.82, 2.24) is 0 Å². The number of methoxy groups -OCH3 is 1. The van der Waals surface area contributed by atoms with E-state index in [1.807, 2.05) is 12.1 Å². The molecule has 0 saturated heterocycles. The molecule has 3 N–H and O–H groups in total. The van der Waals surface area contributed by atoms with Gasteiger partial charge in [0.05, 0.1) is 12.7 Å². The van der Waals surface area contributed by atoms with Gasteiger partial charge >= 0.3 is 5.97 Å². The molecular weight excluding hydrogens is 192 g/mol. The summed E-state index contributed by atoms with van der Waals surface area (Å²) in [7, 11) is 1.38. The summed E-state index contributed by atoms with van der Waals surface area (Å²) < 4.78 is 4.66. The van der Waals surface area contributed by atoms with Gasteiger partial charge in [-0.15, -0.1) is 0 Å². The molecule has 0 amide bonds. The van der Waals surface area contributed by atoms with E-state index in [1.54, 1.807) is 6.07 Å². The second-order valence-corrected chi connectivity index (χ2v) is 3.71. The van der Waals surface area contributed by atoms with E-state index in [4.69, 9.17) is 5.73 Å². The molecule has 0 spiro atoms. The van der Waals surface area contributed by atoms with Crippen molar-refractivity contribution in [2.45, 2.75) is 12.5 Å². The third kappa shape index (κ3) is 1.94. The number of hydrogen-bond donors (Lipinski definition) is 2. The van der Waals surface area contributed by atoms with Gasteiger partial charge in [0, 0.05) is 18.3 Å². The lowest BCUT2D eigenvalue weighted by atomic mass is 9.98. The second kappa shape index (κ2) is 3.90. The quantitative estimate of drug-likeness (QED) is 0.666. The van der Waals surface area contributed by atoms with E-state index in [1.165, 1.54) is 7.11 Å². The normalized spacial score (nSPS) is 18.9. The van der Waals surface area contributed by atoms with Gasteiger partial charge in [-0.05, 0) is 30.2 Å². The fourth-order valence-electron chi connectivity index (χ4n) is 1.78. The van der Waals surface area contributed by atoms with E-state index in [2.05, 4.69) is 10.1 Å². The Hall–Kier alpha value is -1.55. The largest absolute Gasteiger partial charge is 0.465 e. The SMILES string of the molecule is COC(=O)c1ccc2c(c1)CC(N)CN2. The Morgan fingerprint density at radius 3 is 3.13 bits per heavy atom. The number of carbonyl (C=O) groups excluding carboxylic acids is 1. The number of ether oxygens (including phenoxy) is 1. The molecule has 0 bridgehead atoms. The van der Waals surface area contributed by atoms with Crippen molar-refractivity contribution in [3.8, 4) is 0 Å². The smallest absolute Gasteiger partial charge is 0.337 e. The summed E-state index contributed by atoms with van der Waals surface area (Å²) in [5, 5.41) is 3.22. The van der Waals surface area contributed by atoms with Gasteiger partial charge in [0.2, 0.25) is 0 Å². The molecule has 1 aliphatic heterocycles. The van der Waals surface area contributed by atoms with Crippen LogP contribution in [0.25, 0.3) is 0 Å². The molecule has 80 valence electrons. The van der Waals surface area contributed by atoms with Crippen LogP contribution < -0.4 is 11.1 Å². The summed E-state index contributed by atoms with van der Waals surface area (Å²) in [5.41, 5.74) is 8.55. The Bertz CT molecular complexity index is 390. The number of fused-ring (bicyclic) bond motifs is 1. The first kappa shape index (κ1) is 9.98. The molecule has 0 saturated carbocycles. The van der Waals surface area contributed by atoms with Gasteiger partial charge in [0.15, 0.2) is 0 Å². The molecular formula is C11H14N2O2. The van der Waals surface area contributed by atoms with Crippen molar-refractivity contribution in [1.29, 1.82) is 0 Å². The molecule has 0 aromatic heterocycles. The van der Waals surface area contributed by atoms with Gasteiger partial charge in [-0.25, -0.2) is 4.79 Å². The fraction of sp³-hybridized carbons (Fsp3) is 0.364. The molecule has 1 aliphatic rings. The highest BCUT2D eigenvalue weighted by Gasteiger charge is 2.16. The highest BCUT2D eigenvalue weighted by molar-refractivity contribution is 5.90. The topological polar surface area (TPSA) is 64.3 Å². The average Bonchev–Trinajstić information content (AvgIpc) is 2.27. The minimum atomic E-state index is -0.308. The van der Waals surface area contributed by atoms with Crippen molar-refractivity contribution in [3.63, 3.8) is 0 Å². The van der Waals surface area contributed by atoms with Gasteiger partial charge < -0.3 is 15.8 Å². The zero-order chi connectivity index (χ0) is 10.8. The van der Waals surface area contributed by atoms with Crippen LogP contribution >= 0.6 is 0 Å². The van der Waals surface area contributed by atoms with Crippen LogP contribution in [-0.4, -0.2) is 25.7 Å². The first-order chi connectivity index (χ1) is 7.20. The van der Waals surface area contributed by atoms with E-state index in [0.29, 0.717) is 5.56 Å². The van der Waals surface area contributed by atoms with Crippen LogP contribution in [0.5, 0.6) is 0 Å². The van der Waals surface area contributed by atoms with Gasteiger partial charge in [-0.1, -0.05) is 0 Å². The van der Waals surface area contributed by atoms with Crippen molar-refractivity contribution < 1.29 is 9.53 Å². The number of nitrogens with two attached hydrogens (primary N) is 1. The van der Waals surface area contributed by atoms with Gasteiger partial charge in [-0.2, -0.15) is 0 Å². The Morgan fingerprint density at radius 1 is 1.60 bits per heavy atom. The van der Waals surface area contributed by atoms with Crippen LogP contribution in [0.3, 0.4) is 0 Å². The van der Waals surface area contributed by atoms with Crippen LogP contribution in [0.2, 0.25) is 0 Å². The zero-order valence-corrected chi connectivity index (χ0v) is 8.62. The monoisotopic (exact) mass is 206 g/mol. The van der Waals surface area contributed by atoms with E-state index in [0.717, 1.165) is 24.2 Å². The van der Waals surface area contributed by atoms with Gasteiger partial charge in [0.25, 0.3) is 0 Å². The predicted molar refractivity (Wildman–Crippen MR) is 58.0 cm³/mol. The number of esters is 1. The van der Waals surface area contributed by atoms with Gasteiger partial charge in [0.1, 0.15) is 0 Å². The molecule has 15 heavy (non-hydrogen) atoms. The molecule has 4 heteroatoms. The van der Waals surface area contributed by atoms with Crippen LogP contribution in [0.15, 0.2) is 18.2 Å². The summed E-state index contributed by atoms with van der Waals surface area (Å²) in [6.45, 7) is 0.782. The maximum Gasteiger partial charge on any atom is 0.337 e. The number of anilines is 1. The minimum absolute atomic E-state index is 0.116. The number of benzene rings is 1. The van der Waals surface area contributed by atoms with Crippen molar-refractivity contribution >= 4 is 11.7 Å². The molecule has 1 heterocycles. The maximum atomic E-state index is 11.3. The number of nitrogens with one attached hydrogen (secondary N) is 1. The Labute approximate surface area is 88.4 Å². The molecule has 1 aromatic carbocycles. The van der Waals surface area contributed by atoms with E-state index in [9.17, 15) is 4.79 Å². The number of carbonyl (C=O) groups is 1. The third-order valence-electron chi connectivity index (χ3n) is 2.56. The van der Waals surface area contributed by atoms with E-state index < -0.39 is 0 Å². The van der Waals surface area contributed by atoms with E-state index in [-0.39, 0.29) is 12.0 Å². The molecule has 1 aromatic rings. The Morgan fingerprint density at radius 2 is 2.40 bits per heavy atom. The lowest BCUT2D eigenvalue weighted by Gasteiger charge is -2.23. The Balaban J connectivity index is 2.32. The number of rotatable bonds is 1. The van der Waals surface area contributed by atoms with Crippen molar-refractivity contribution in [2.75, 3.05) is 19.0 Å². The van der Waals surface area contributed by atoms with Crippen LogP contribution in [0.1, 0.15) is 15.9 Å². The maximum absolute atomic E-state index is 11.3. The highest BCUT2D eigenvalue weighted by Crippen LogP contribution is 2.22. The predicted octanol–water partition coefficient (Wildman–Crippen LogP) is 0.768. The second-order valence-electron chi connectivity index (χ2n) is 3.71. The molecule has 1 atom stereocenters. The lowest BCUT2D eigenvalue weighted by Crippen LogP contribution is -2.35. The zero-order valence-electron chi connectivity index (χ0n) is 8.62. The lowest BCUT2D eigenvalue weighted by molar-refractivity contribution is 0.0600. The van der Waals surface area contributed by atoms with Crippen LogP contribution in [-0.2, 0) is 11.2 Å². The fourth-order valence-corrected chi connectivity index (χ4v) is 1.78. The molecule has 1 unspecified atom stereocenters. The van der Waals surface area contributed by atoms with Crippen molar-refractivity contribution in [2.24, 2.45) is 5.73 Å². The minimum Gasteiger partial charge on any atom is -0.465 e. The third-order valence-corrected chi connectivity index (χ3v) is 2.56. The highest BCUT2D eigenvalue weighted by atomic mass is 16.5. The van der Waals surface area contributed by atoms with Crippen molar-refractivity contribution in [3.05, 3.63) is 29.3 Å². The summed E-state index contributed by atoms with van der Waals surface area (Å²) in [6.07, 6.45) is 0.799.